The van der Waals surface area contributed by atoms with Crippen molar-refractivity contribution >= 4 is 15.9 Å². The Kier molecular flexibility index (Phi) is 3.44. The number of benzene rings is 2. The van der Waals surface area contributed by atoms with E-state index in [2.05, 4.69) is 33.4 Å². The Morgan fingerprint density at radius 1 is 1.26 bits per heavy atom. The van der Waals surface area contributed by atoms with E-state index in [1.807, 2.05) is 37.3 Å². The monoisotopic (exact) mass is 317 g/mol. The van der Waals surface area contributed by atoms with Gasteiger partial charge in [0.05, 0.1) is 12.1 Å². The lowest BCUT2D eigenvalue weighted by atomic mass is 9.95. The van der Waals surface area contributed by atoms with E-state index in [9.17, 15) is 5.11 Å². The summed E-state index contributed by atoms with van der Waals surface area (Å²) in [6, 6.07) is 14.3. The zero-order valence-electron chi connectivity index (χ0n) is 10.7. The van der Waals surface area contributed by atoms with Crippen LogP contribution in [0, 0.1) is 6.92 Å². The van der Waals surface area contributed by atoms with Crippen LogP contribution in [0.25, 0.3) is 0 Å². The number of rotatable bonds is 2. The van der Waals surface area contributed by atoms with Crippen LogP contribution in [-0.4, -0.2) is 5.11 Å². The Morgan fingerprint density at radius 3 is 2.84 bits per heavy atom. The van der Waals surface area contributed by atoms with Gasteiger partial charge >= 0.3 is 0 Å². The van der Waals surface area contributed by atoms with Gasteiger partial charge in [0.1, 0.15) is 0 Å². The van der Waals surface area contributed by atoms with Crippen LogP contribution in [0.1, 0.15) is 34.4 Å². The first-order chi connectivity index (χ1) is 9.16. The van der Waals surface area contributed by atoms with Gasteiger partial charge in [0.2, 0.25) is 0 Å². The van der Waals surface area contributed by atoms with Crippen molar-refractivity contribution in [3.05, 3.63) is 69.2 Å². The third kappa shape index (κ3) is 2.34. The van der Waals surface area contributed by atoms with Crippen molar-refractivity contribution in [1.29, 1.82) is 0 Å². The van der Waals surface area contributed by atoms with Gasteiger partial charge in [0, 0.05) is 11.0 Å². The highest BCUT2D eigenvalue weighted by molar-refractivity contribution is 9.10. The van der Waals surface area contributed by atoms with E-state index in [-0.39, 0.29) is 6.04 Å². The normalized spacial score (nSPS) is 19.2. The van der Waals surface area contributed by atoms with Crippen LogP contribution in [-0.2, 0) is 6.54 Å². The van der Waals surface area contributed by atoms with Crippen molar-refractivity contribution in [2.45, 2.75) is 25.6 Å². The molecule has 2 aromatic carbocycles. The standard InChI is InChI=1S/C16H16BrNO/c1-10-6-7-11(8-14(10)17)16(19)15-13-5-3-2-4-12(13)9-18-15/h2-8,15-16,18-19H,9H2,1H3. The second kappa shape index (κ2) is 5.08. The number of hydrogen-bond acceptors (Lipinski definition) is 2. The molecule has 2 unspecified atom stereocenters. The van der Waals surface area contributed by atoms with Crippen LogP contribution in [0.5, 0.6) is 0 Å². The lowest BCUT2D eigenvalue weighted by Crippen LogP contribution is -2.20. The van der Waals surface area contributed by atoms with Gasteiger partial charge in [-0.3, -0.25) is 0 Å². The third-order valence-electron chi connectivity index (χ3n) is 3.76. The first-order valence-corrected chi connectivity index (χ1v) is 7.21. The zero-order chi connectivity index (χ0) is 13.4. The Labute approximate surface area is 121 Å². The lowest BCUT2D eigenvalue weighted by Gasteiger charge is -2.20. The number of nitrogens with one attached hydrogen (secondary N) is 1. The molecule has 0 amide bonds. The fourth-order valence-electron chi connectivity index (χ4n) is 2.60. The van der Waals surface area contributed by atoms with E-state index < -0.39 is 6.10 Å². The van der Waals surface area contributed by atoms with Gasteiger partial charge in [0.25, 0.3) is 0 Å². The van der Waals surface area contributed by atoms with Gasteiger partial charge in [-0.15, -0.1) is 0 Å². The quantitative estimate of drug-likeness (QED) is 0.886. The molecule has 2 atom stereocenters. The smallest absolute Gasteiger partial charge is 0.0985 e. The molecular weight excluding hydrogens is 302 g/mol. The molecule has 2 nitrogen and oxygen atoms in total. The van der Waals surface area contributed by atoms with Gasteiger partial charge in [-0.05, 0) is 35.2 Å². The van der Waals surface area contributed by atoms with E-state index in [4.69, 9.17) is 0 Å². The highest BCUT2D eigenvalue weighted by Gasteiger charge is 2.28. The molecule has 3 heteroatoms. The molecule has 0 aromatic heterocycles. The van der Waals surface area contributed by atoms with Crippen molar-refractivity contribution in [1.82, 2.24) is 5.32 Å². The minimum absolute atomic E-state index is 0.0224. The van der Waals surface area contributed by atoms with Gasteiger partial charge in [-0.2, -0.15) is 0 Å². The largest absolute Gasteiger partial charge is 0.386 e. The van der Waals surface area contributed by atoms with Crippen molar-refractivity contribution in [3.8, 4) is 0 Å². The summed E-state index contributed by atoms with van der Waals surface area (Å²) >= 11 is 3.52. The number of hydrogen-bond donors (Lipinski definition) is 2. The molecule has 0 saturated carbocycles. The van der Waals surface area contributed by atoms with Crippen LogP contribution in [0.4, 0.5) is 0 Å². The first-order valence-electron chi connectivity index (χ1n) is 6.42. The summed E-state index contributed by atoms with van der Waals surface area (Å²) < 4.78 is 1.04. The highest BCUT2D eigenvalue weighted by Crippen LogP contribution is 2.36. The van der Waals surface area contributed by atoms with Crippen molar-refractivity contribution in [2.75, 3.05) is 0 Å². The summed E-state index contributed by atoms with van der Waals surface area (Å²) in [4.78, 5) is 0. The lowest BCUT2D eigenvalue weighted by molar-refractivity contribution is 0.133. The SMILES string of the molecule is Cc1ccc(C(O)C2NCc3ccccc32)cc1Br. The summed E-state index contributed by atoms with van der Waals surface area (Å²) in [5, 5.41) is 14.0. The molecule has 0 bridgehead atoms. The molecule has 1 aliphatic rings. The molecular formula is C16H16BrNO. The van der Waals surface area contributed by atoms with Crippen molar-refractivity contribution in [3.63, 3.8) is 0 Å². The molecule has 0 fully saturated rings. The van der Waals surface area contributed by atoms with Crippen LogP contribution < -0.4 is 5.32 Å². The molecule has 0 spiro atoms. The molecule has 2 aromatic rings. The van der Waals surface area contributed by atoms with Crippen LogP contribution in [0.15, 0.2) is 46.9 Å². The van der Waals surface area contributed by atoms with Gasteiger partial charge < -0.3 is 10.4 Å². The second-order valence-corrected chi connectivity index (χ2v) is 5.87. The fourth-order valence-corrected chi connectivity index (χ4v) is 2.99. The Morgan fingerprint density at radius 2 is 2.05 bits per heavy atom. The molecule has 0 radical (unpaired) electrons. The summed E-state index contributed by atoms with van der Waals surface area (Å²) in [6.07, 6.45) is -0.527. The Hall–Kier alpha value is -1.16. The Bertz CT molecular complexity index is 611. The molecule has 0 aliphatic carbocycles. The Balaban J connectivity index is 1.93. The maximum atomic E-state index is 10.6. The van der Waals surface area contributed by atoms with Crippen LogP contribution in [0.2, 0.25) is 0 Å². The molecule has 1 aliphatic heterocycles. The zero-order valence-corrected chi connectivity index (χ0v) is 12.3. The highest BCUT2D eigenvalue weighted by atomic mass is 79.9. The van der Waals surface area contributed by atoms with E-state index in [1.165, 1.54) is 16.7 Å². The van der Waals surface area contributed by atoms with Gasteiger partial charge in [-0.25, -0.2) is 0 Å². The fraction of sp³-hybridized carbons (Fsp3) is 0.250. The summed E-state index contributed by atoms with van der Waals surface area (Å²) in [6.45, 7) is 2.87. The predicted octanol–water partition coefficient (Wildman–Crippen LogP) is 3.64. The van der Waals surface area contributed by atoms with Crippen LogP contribution >= 0.6 is 15.9 Å². The molecule has 1 heterocycles. The third-order valence-corrected chi connectivity index (χ3v) is 4.61. The first kappa shape index (κ1) is 12.9. The van der Waals surface area contributed by atoms with E-state index in [1.54, 1.807) is 0 Å². The summed E-state index contributed by atoms with van der Waals surface area (Å²) in [5.74, 6) is 0. The molecule has 2 N–H and O–H groups in total. The molecule has 98 valence electrons. The number of halogens is 1. The molecule has 19 heavy (non-hydrogen) atoms. The topological polar surface area (TPSA) is 32.3 Å². The number of aliphatic hydroxyl groups excluding tert-OH is 1. The molecule has 3 rings (SSSR count). The minimum atomic E-state index is -0.527. The van der Waals surface area contributed by atoms with Crippen molar-refractivity contribution < 1.29 is 5.11 Å². The van der Waals surface area contributed by atoms with Gasteiger partial charge in [0.15, 0.2) is 0 Å². The average molecular weight is 318 g/mol. The predicted molar refractivity (Wildman–Crippen MR) is 79.9 cm³/mol. The summed E-state index contributed by atoms with van der Waals surface area (Å²) in [7, 11) is 0. The average Bonchev–Trinajstić information content (AvgIpc) is 2.85. The maximum absolute atomic E-state index is 10.6. The van der Waals surface area contributed by atoms with E-state index in [0.29, 0.717) is 0 Å². The minimum Gasteiger partial charge on any atom is -0.386 e. The molecule has 0 saturated heterocycles. The van der Waals surface area contributed by atoms with Gasteiger partial charge in [-0.1, -0.05) is 52.3 Å². The summed E-state index contributed by atoms with van der Waals surface area (Å²) in [5.41, 5.74) is 4.59. The van der Waals surface area contributed by atoms with Crippen LogP contribution in [0.3, 0.4) is 0 Å². The van der Waals surface area contributed by atoms with E-state index in [0.717, 1.165) is 16.6 Å². The van der Waals surface area contributed by atoms with Crippen molar-refractivity contribution in [2.24, 2.45) is 0 Å². The maximum Gasteiger partial charge on any atom is 0.0985 e. The number of fused-ring (bicyclic) bond motifs is 1. The van der Waals surface area contributed by atoms with E-state index >= 15 is 0 Å². The number of aryl methyl sites for hydroxylation is 1. The second-order valence-electron chi connectivity index (χ2n) is 5.01. The number of aliphatic hydroxyl groups is 1.